The molecule has 128 valence electrons. The molecule has 0 aliphatic heterocycles. The van der Waals surface area contributed by atoms with E-state index in [9.17, 15) is 9.90 Å². The predicted octanol–water partition coefficient (Wildman–Crippen LogP) is 5.89. The Labute approximate surface area is 153 Å². The highest BCUT2D eigenvalue weighted by Crippen LogP contribution is 2.46. The number of aliphatic hydroxyl groups excluding tert-OH is 1. The van der Waals surface area contributed by atoms with Crippen molar-refractivity contribution >= 4 is 23.0 Å². The Morgan fingerprint density at radius 3 is 2.32 bits per heavy atom. The minimum absolute atomic E-state index is 0.0766. The van der Waals surface area contributed by atoms with Gasteiger partial charge in [0.25, 0.3) is 0 Å². The summed E-state index contributed by atoms with van der Waals surface area (Å²) >= 11 is 6.27. The molecule has 0 radical (unpaired) electrons. The molecule has 0 unspecified atom stereocenters. The molecule has 2 aromatic carbocycles. The normalized spacial score (nSPS) is 22.6. The maximum Gasteiger partial charge on any atom is 0.169 e. The number of rotatable bonds is 2. The Bertz CT molecular complexity index is 910. The Hall–Kier alpha value is -2.06. The number of halogens is 1. The van der Waals surface area contributed by atoms with Crippen molar-refractivity contribution < 1.29 is 9.90 Å². The number of hydrogen-bond donors (Lipinski definition) is 1. The number of aryl methyl sites for hydroxylation is 2. The highest BCUT2D eigenvalue weighted by molar-refractivity contribution is 6.31. The molecule has 25 heavy (non-hydrogen) atoms. The third-order valence-corrected chi connectivity index (χ3v) is 6.11. The van der Waals surface area contributed by atoms with Gasteiger partial charge in [0.15, 0.2) is 5.78 Å². The van der Waals surface area contributed by atoms with E-state index in [1.165, 1.54) is 0 Å². The summed E-state index contributed by atoms with van der Waals surface area (Å²) in [6.45, 7) is 3.97. The first-order chi connectivity index (χ1) is 12.0. The van der Waals surface area contributed by atoms with Crippen LogP contribution in [0.1, 0.15) is 36.0 Å². The van der Waals surface area contributed by atoms with E-state index in [2.05, 4.69) is 0 Å². The lowest BCUT2D eigenvalue weighted by Gasteiger charge is -2.23. The summed E-state index contributed by atoms with van der Waals surface area (Å²) in [7, 11) is 0. The van der Waals surface area contributed by atoms with Crippen molar-refractivity contribution in [3.05, 3.63) is 63.9 Å². The lowest BCUT2D eigenvalue weighted by molar-refractivity contribution is -0.117. The van der Waals surface area contributed by atoms with Crippen LogP contribution in [0.3, 0.4) is 0 Å². The summed E-state index contributed by atoms with van der Waals surface area (Å²) < 4.78 is 0. The molecule has 2 nitrogen and oxygen atoms in total. The molecule has 1 saturated carbocycles. The standard InChI is InChI=1S/C22H21ClO2/c1-12-3-5-14(15-6-4-13(2)19(23)11-15)10-18(12)20-21(24)16-7-8-17(9-16)22(20)25/h3-6,10-11,16-17,24H,7-9H2,1-2H3/t16-,17+/m1/s1. The number of benzene rings is 2. The maximum atomic E-state index is 12.9. The lowest BCUT2D eigenvalue weighted by Crippen LogP contribution is -2.21. The van der Waals surface area contributed by atoms with Crippen LogP contribution in [-0.4, -0.2) is 10.9 Å². The summed E-state index contributed by atoms with van der Waals surface area (Å²) in [5.74, 6) is 0.622. The van der Waals surface area contributed by atoms with Crippen molar-refractivity contribution in [1.29, 1.82) is 0 Å². The largest absolute Gasteiger partial charge is 0.511 e. The zero-order valence-electron chi connectivity index (χ0n) is 14.5. The molecule has 0 saturated heterocycles. The molecular formula is C22H21ClO2. The Morgan fingerprint density at radius 2 is 1.60 bits per heavy atom. The van der Waals surface area contributed by atoms with Crippen molar-refractivity contribution in [2.24, 2.45) is 11.8 Å². The van der Waals surface area contributed by atoms with Crippen molar-refractivity contribution in [3.63, 3.8) is 0 Å². The van der Waals surface area contributed by atoms with Crippen molar-refractivity contribution in [2.75, 3.05) is 0 Å². The van der Waals surface area contributed by atoms with Gasteiger partial charge in [0.05, 0.1) is 5.57 Å². The van der Waals surface area contributed by atoms with E-state index in [-0.39, 0.29) is 17.6 Å². The van der Waals surface area contributed by atoms with Gasteiger partial charge in [-0.25, -0.2) is 0 Å². The van der Waals surface area contributed by atoms with Gasteiger partial charge in [-0.05, 0) is 73.1 Å². The van der Waals surface area contributed by atoms with Gasteiger partial charge in [0.1, 0.15) is 5.76 Å². The van der Waals surface area contributed by atoms with Gasteiger partial charge in [-0.1, -0.05) is 35.9 Å². The molecule has 2 aliphatic rings. The molecule has 0 aromatic heterocycles. The Balaban J connectivity index is 1.84. The number of ketones is 1. The highest BCUT2D eigenvalue weighted by Gasteiger charge is 2.41. The molecule has 2 aromatic rings. The van der Waals surface area contributed by atoms with Gasteiger partial charge >= 0.3 is 0 Å². The second kappa shape index (κ2) is 6.03. The zero-order chi connectivity index (χ0) is 17.7. The first-order valence-corrected chi connectivity index (χ1v) is 9.18. The third-order valence-electron chi connectivity index (χ3n) is 5.70. The van der Waals surface area contributed by atoms with Gasteiger partial charge in [-0.3, -0.25) is 4.79 Å². The lowest BCUT2D eigenvalue weighted by atomic mass is 9.81. The van der Waals surface area contributed by atoms with E-state index in [0.717, 1.165) is 52.1 Å². The molecule has 3 heteroatoms. The molecule has 0 heterocycles. The highest BCUT2D eigenvalue weighted by atomic mass is 35.5. The van der Waals surface area contributed by atoms with Gasteiger partial charge in [-0.15, -0.1) is 0 Å². The molecule has 0 spiro atoms. The predicted molar refractivity (Wildman–Crippen MR) is 102 cm³/mol. The first-order valence-electron chi connectivity index (χ1n) is 8.80. The number of aliphatic hydroxyl groups is 1. The number of allylic oxidation sites excluding steroid dienone is 2. The van der Waals surface area contributed by atoms with E-state index in [1.54, 1.807) is 0 Å². The van der Waals surface area contributed by atoms with Crippen LogP contribution < -0.4 is 0 Å². The van der Waals surface area contributed by atoms with Gasteiger partial charge < -0.3 is 5.11 Å². The summed E-state index contributed by atoms with van der Waals surface area (Å²) in [5, 5.41) is 11.4. The minimum atomic E-state index is 0.0766. The number of hydrogen-bond acceptors (Lipinski definition) is 2. The molecule has 2 bridgehead atoms. The van der Waals surface area contributed by atoms with Crippen LogP contribution in [0.5, 0.6) is 0 Å². The molecule has 2 aliphatic carbocycles. The van der Waals surface area contributed by atoms with Gasteiger partial charge in [-0.2, -0.15) is 0 Å². The number of Topliss-reactive ketones (excluding diaryl/α,β-unsaturated/α-hetero) is 1. The van der Waals surface area contributed by atoms with Gasteiger partial charge in [0, 0.05) is 16.9 Å². The van der Waals surface area contributed by atoms with Crippen molar-refractivity contribution in [2.45, 2.75) is 33.1 Å². The molecular weight excluding hydrogens is 332 g/mol. The summed E-state index contributed by atoms with van der Waals surface area (Å²) in [6.07, 6.45) is 2.61. The Kier molecular flexibility index (Phi) is 3.96. The van der Waals surface area contributed by atoms with Crippen LogP contribution in [0.2, 0.25) is 5.02 Å². The smallest absolute Gasteiger partial charge is 0.169 e. The maximum absolute atomic E-state index is 12.9. The van der Waals surface area contributed by atoms with E-state index >= 15 is 0 Å². The fourth-order valence-electron chi connectivity index (χ4n) is 4.12. The van der Waals surface area contributed by atoms with Crippen LogP contribution in [0.25, 0.3) is 16.7 Å². The summed E-state index contributed by atoms with van der Waals surface area (Å²) in [5.41, 5.74) is 5.47. The number of fused-ring (bicyclic) bond motifs is 2. The van der Waals surface area contributed by atoms with Gasteiger partial charge in [0.2, 0.25) is 0 Å². The van der Waals surface area contributed by atoms with Crippen LogP contribution in [0.15, 0.2) is 42.2 Å². The van der Waals surface area contributed by atoms with Crippen molar-refractivity contribution in [3.8, 4) is 11.1 Å². The topological polar surface area (TPSA) is 37.3 Å². The first kappa shape index (κ1) is 16.4. The average Bonchev–Trinajstić information content (AvgIpc) is 3.05. The average molecular weight is 353 g/mol. The monoisotopic (exact) mass is 352 g/mol. The Morgan fingerprint density at radius 1 is 0.960 bits per heavy atom. The molecule has 0 amide bonds. The fourth-order valence-corrected chi connectivity index (χ4v) is 4.30. The molecule has 1 fully saturated rings. The van der Waals surface area contributed by atoms with E-state index in [0.29, 0.717) is 11.3 Å². The van der Waals surface area contributed by atoms with Crippen molar-refractivity contribution in [1.82, 2.24) is 0 Å². The van der Waals surface area contributed by atoms with Crippen LogP contribution in [0.4, 0.5) is 0 Å². The number of carbonyl (C=O) groups excluding carboxylic acids is 1. The van der Waals surface area contributed by atoms with Crippen LogP contribution in [-0.2, 0) is 4.79 Å². The zero-order valence-corrected chi connectivity index (χ0v) is 15.2. The van der Waals surface area contributed by atoms with Crippen LogP contribution in [0, 0.1) is 25.7 Å². The molecule has 1 N–H and O–H groups in total. The SMILES string of the molecule is Cc1ccc(-c2ccc(C)c(C3=C(O)[C@@H]4CC[C@@H](C4)C3=O)c2)cc1Cl. The molecule has 2 atom stereocenters. The van der Waals surface area contributed by atoms with E-state index in [4.69, 9.17) is 11.6 Å². The molecule has 4 rings (SSSR count). The van der Waals surface area contributed by atoms with E-state index < -0.39 is 0 Å². The third kappa shape index (κ3) is 2.69. The van der Waals surface area contributed by atoms with E-state index in [1.807, 2.05) is 50.2 Å². The fraction of sp³-hybridized carbons (Fsp3) is 0.318. The quantitative estimate of drug-likeness (QED) is 0.731. The number of carbonyl (C=O) groups is 1. The second-order valence-corrected chi connectivity index (χ2v) is 7.73. The second-order valence-electron chi connectivity index (χ2n) is 7.33. The van der Waals surface area contributed by atoms with Crippen LogP contribution >= 0.6 is 11.6 Å². The minimum Gasteiger partial charge on any atom is -0.511 e. The summed E-state index contributed by atoms with van der Waals surface area (Å²) in [6, 6.07) is 12.1. The summed E-state index contributed by atoms with van der Waals surface area (Å²) in [4.78, 5) is 12.9.